The van der Waals surface area contributed by atoms with Gasteiger partial charge in [0.15, 0.2) is 0 Å². The van der Waals surface area contributed by atoms with Crippen LogP contribution in [0.5, 0.6) is 0 Å². The second-order valence-corrected chi connectivity index (χ2v) is 5.35. The van der Waals surface area contributed by atoms with Gasteiger partial charge in [0.05, 0.1) is 0 Å². The van der Waals surface area contributed by atoms with Gasteiger partial charge in [-0.15, -0.1) is 0 Å². The van der Waals surface area contributed by atoms with Crippen molar-refractivity contribution in [3.05, 3.63) is 64.4 Å². The standard InChI is InChI=1S/C18H15FO3.Na/c1-10-3-5-13(22-10)8-15-11(2)16(9-18(20)21)17-7-12(19)4-6-14(15)17;/h3-8H,9H2,1-2H3,(H,20,21);/q;+1/p-1/b15-8-;. The molecule has 0 saturated heterocycles. The van der Waals surface area contributed by atoms with Crippen LogP contribution in [0.25, 0.3) is 17.2 Å². The van der Waals surface area contributed by atoms with E-state index in [0.29, 0.717) is 16.9 Å². The van der Waals surface area contributed by atoms with Crippen molar-refractivity contribution >= 4 is 23.2 Å². The van der Waals surface area contributed by atoms with Crippen LogP contribution in [0.3, 0.4) is 0 Å². The molecular weight excluding hydrogens is 306 g/mol. The van der Waals surface area contributed by atoms with E-state index in [2.05, 4.69) is 0 Å². The van der Waals surface area contributed by atoms with E-state index in [-0.39, 0.29) is 36.0 Å². The van der Waals surface area contributed by atoms with Crippen LogP contribution < -0.4 is 34.7 Å². The summed E-state index contributed by atoms with van der Waals surface area (Å²) in [6, 6.07) is 8.10. The Labute approximate surface area is 155 Å². The Balaban J connectivity index is 0.00000192. The Hall–Kier alpha value is -1.62. The SMILES string of the molecule is CC1=C(CC(=O)[O-])c2cc(F)ccc2/C1=C\c1ccc(C)o1.[Na+]. The summed E-state index contributed by atoms with van der Waals surface area (Å²) in [4.78, 5) is 11.0. The topological polar surface area (TPSA) is 53.3 Å². The zero-order chi connectivity index (χ0) is 15.9. The summed E-state index contributed by atoms with van der Waals surface area (Å²) in [5.41, 5.74) is 3.66. The normalized spacial score (nSPS) is 14.8. The van der Waals surface area contributed by atoms with E-state index in [1.807, 2.05) is 32.1 Å². The molecule has 112 valence electrons. The summed E-state index contributed by atoms with van der Waals surface area (Å²) >= 11 is 0. The number of hydrogen-bond acceptors (Lipinski definition) is 3. The molecule has 1 heterocycles. The molecule has 0 aliphatic heterocycles. The number of hydrogen-bond donors (Lipinski definition) is 0. The number of carboxylic acid groups (broad SMARTS) is 1. The van der Waals surface area contributed by atoms with Crippen LogP contribution in [0.4, 0.5) is 4.39 Å². The molecule has 3 rings (SSSR count). The van der Waals surface area contributed by atoms with Crippen LogP contribution in [0.1, 0.15) is 36.0 Å². The predicted molar refractivity (Wildman–Crippen MR) is 79.9 cm³/mol. The second-order valence-electron chi connectivity index (χ2n) is 5.35. The van der Waals surface area contributed by atoms with E-state index in [0.717, 1.165) is 22.5 Å². The maximum atomic E-state index is 13.5. The van der Waals surface area contributed by atoms with Crippen molar-refractivity contribution in [3.63, 3.8) is 0 Å². The number of halogens is 1. The van der Waals surface area contributed by atoms with Gasteiger partial charge < -0.3 is 14.3 Å². The number of fused-ring (bicyclic) bond motifs is 1. The molecule has 0 spiro atoms. The number of carboxylic acids is 1. The first kappa shape index (κ1) is 17.7. The minimum absolute atomic E-state index is 0. The third-order valence-electron chi connectivity index (χ3n) is 3.82. The van der Waals surface area contributed by atoms with Crippen LogP contribution in [-0.4, -0.2) is 5.97 Å². The van der Waals surface area contributed by atoms with Crippen molar-refractivity contribution in [2.75, 3.05) is 0 Å². The fraction of sp³-hybridized carbons (Fsp3) is 0.167. The molecule has 0 fully saturated rings. The Morgan fingerprint density at radius 1 is 1.22 bits per heavy atom. The molecule has 1 aliphatic carbocycles. The Morgan fingerprint density at radius 3 is 2.57 bits per heavy atom. The molecule has 1 aliphatic rings. The number of benzene rings is 1. The third-order valence-corrected chi connectivity index (χ3v) is 3.82. The van der Waals surface area contributed by atoms with E-state index in [1.54, 1.807) is 6.07 Å². The summed E-state index contributed by atoms with van der Waals surface area (Å²) < 4.78 is 19.1. The molecule has 0 radical (unpaired) electrons. The van der Waals surface area contributed by atoms with Gasteiger partial charge in [-0.1, -0.05) is 6.07 Å². The molecule has 0 saturated carbocycles. The molecule has 3 nitrogen and oxygen atoms in total. The molecular formula is C18H14FNaO3. The Bertz CT molecular complexity index is 831. The van der Waals surface area contributed by atoms with Gasteiger partial charge in [0, 0.05) is 12.4 Å². The number of aliphatic carboxylic acids is 1. The summed E-state index contributed by atoms with van der Waals surface area (Å²) in [6.45, 7) is 3.68. The van der Waals surface area contributed by atoms with E-state index in [4.69, 9.17) is 4.42 Å². The molecule has 0 unspecified atom stereocenters. The fourth-order valence-electron chi connectivity index (χ4n) is 2.80. The monoisotopic (exact) mass is 320 g/mol. The number of carbonyl (C=O) groups is 1. The van der Waals surface area contributed by atoms with Crippen molar-refractivity contribution in [1.29, 1.82) is 0 Å². The van der Waals surface area contributed by atoms with E-state index in [9.17, 15) is 14.3 Å². The second kappa shape index (κ2) is 6.87. The van der Waals surface area contributed by atoms with Gasteiger partial charge in [-0.05, 0) is 72.0 Å². The molecule has 5 heteroatoms. The molecule has 0 atom stereocenters. The van der Waals surface area contributed by atoms with Crippen LogP contribution in [0.15, 0.2) is 40.3 Å². The van der Waals surface area contributed by atoms with Gasteiger partial charge in [-0.2, -0.15) is 0 Å². The van der Waals surface area contributed by atoms with Gasteiger partial charge in [0.1, 0.15) is 17.3 Å². The van der Waals surface area contributed by atoms with Crippen molar-refractivity contribution in [1.82, 2.24) is 0 Å². The smallest absolute Gasteiger partial charge is 0.550 e. The molecule has 1 aromatic heterocycles. The first-order chi connectivity index (χ1) is 10.5. The zero-order valence-corrected chi connectivity index (χ0v) is 15.3. The molecule has 0 amide bonds. The van der Waals surface area contributed by atoms with Crippen LogP contribution in [0.2, 0.25) is 0 Å². The van der Waals surface area contributed by atoms with Gasteiger partial charge in [0.2, 0.25) is 0 Å². The van der Waals surface area contributed by atoms with Gasteiger partial charge in [-0.3, -0.25) is 0 Å². The third kappa shape index (κ3) is 3.50. The predicted octanol–water partition coefficient (Wildman–Crippen LogP) is 0.199. The average Bonchev–Trinajstić information content (AvgIpc) is 2.96. The Morgan fingerprint density at radius 2 is 1.96 bits per heavy atom. The zero-order valence-electron chi connectivity index (χ0n) is 13.3. The van der Waals surface area contributed by atoms with E-state index in [1.165, 1.54) is 12.1 Å². The van der Waals surface area contributed by atoms with Crippen LogP contribution >= 0.6 is 0 Å². The van der Waals surface area contributed by atoms with E-state index >= 15 is 0 Å². The first-order valence-electron chi connectivity index (χ1n) is 6.94. The molecule has 1 aromatic carbocycles. The minimum Gasteiger partial charge on any atom is -0.550 e. The number of rotatable bonds is 3. The number of allylic oxidation sites excluding steroid dienone is 2. The fourth-order valence-corrected chi connectivity index (χ4v) is 2.80. The van der Waals surface area contributed by atoms with Gasteiger partial charge in [0.25, 0.3) is 0 Å². The maximum absolute atomic E-state index is 13.5. The van der Waals surface area contributed by atoms with E-state index < -0.39 is 11.8 Å². The molecule has 23 heavy (non-hydrogen) atoms. The van der Waals surface area contributed by atoms with Crippen molar-refractivity contribution in [2.45, 2.75) is 20.3 Å². The summed E-state index contributed by atoms with van der Waals surface area (Å²) in [5.74, 6) is -0.102. The van der Waals surface area contributed by atoms with Gasteiger partial charge in [-0.25, -0.2) is 4.39 Å². The maximum Gasteiger partial charge on any atom is 1.00 e. The number of aryl methyl sites for hydroxylation is 1. The number of carbonyl (C=O) groups excluding carboxylic acids is 1. The van der Waals surface area contributed by atoms with Crippen molar-refractivity contribution in [2.24, 2.45) is 0 Å². The summed E-state index contributed by atoms with van der Waals surface area (Å²) in [7, 11) is 0. The van der Waals surface area contributed by atoms with Crippen molar-refractivity contribution < 1.29 is 48.3 Å². The van der Waals surface area contributed by atoms with Crippen LogP contribution in [0, 0.1) is 12.7 Å². The number of furan rings is 1. The minimum atomic E-state index is -1.18. The largest absolute Gasteiger partial charge is 1.00 e. The summed E-state index contributed by atoms with van der Waals surface area (Å²) in [6.07, 6.45) is 1.61. The molecule has 0 bridgehead atoms. The summed E-state index contributed by atoms with van der Waals surface area (Å²) in [5, 5.41) is 11.0. The van der Waals surface area contributed by atoms with Gasteiger partial charge >= 0.3 is 29.6 Å². The average molecular weight is 320 g/mol. The van der Waals surface area contributed by atoms with Crippen molar-refractivity contribution in [3.8, 4) is 0 Å². The molecule has 0 N–H and O–H groups in total. The van der Waals surface area contributed by atoms with Crippen LogP contribution in [-0.2, 0) is 4.79 Å². The quantitative estimate of drug-likeness (QED) is 0.759. The molecule has 2 aromatic rings. The first-order valence-corrected chi connectivity index (χ1v) is 6.94. The Kier molecular flexibility index (Phi) is 5.30.